The standard InChI is InChI=1S/C23H26N2O4S3/c1-17-7-12-22(31-17)32(27,28)24-13-3-5-18(15-24)23(26)25(16-21-6-4-14-30-21)19-8-10-20(29-2)11-9-19/h4,6-12,14,18H,3,5,13,15-16H2,1-2H3. The van der Waals surface area contributed by atoms with Crippen LogP contribution in [0, 0.1) is 12.8 Å². The average Bonchev–Trinajstić information content (AvgIpc) is 3.49. The molecule has 0 radical (unpaired) electrons. The third-order valence-corrected chi connectivity index (χ3v) is 9.78. The van der Waals surface area contributed by atoms with Crippen LogP contribution in [0.15, 0.2) is 58.1 Å². The first-order valence-electron chi connectivity index (χ1n) is 10.4. The summed E-state index contributed by atoms with van der Waals surface area (Å²) in [5.41, 5.74) is 0.776. The number of benzene rings is 1. The number of hydrogen-bond acceptors (Lipinski definition) is 6. The Kier molecular flexibility index (Phi) is 6.99. The van der Waals surface area contributed by atoms with Crippen LogP contribution in [0.1, 0.15) is 22.6 Å². The predicted molar refractivity (Wildman–Crippen MR) is 129 cm³/mol. The molecule has 6 nitrogen and oxygen atoms in total. The average molecular weight is 491 g/mol. The SMILES string of the molecule is COc1ccc(N(Cc2cccs2)C(=O)C2CCCN(S(=O)(=O)c3ccc(C)s3)C2)cc1. The van der Waals surface area contributed by atoms with Crippen molar-refractivity contribution < 1.29 is 17.9 Å². The summed E-state index contributed by atoms with van der Waals surface area (Å²) < 4.78 is 33.3. The fourth-order valence-corrected chi connectivity index (χ4v) is 7.53. The minimum absolute atomic E-state index is 0.0502. The number of piperidine rings is 1. The van der Waals surface area contributed by atoms with Crippen molar-refractivity contribution in [1.82, 2.24) is 4.31 Å². The minimum Gasteiger partial charge on any atom is -0.497 e. The van der Waals surface area contributed by atoms with Gasteiger partial charge in [-0.1, -0.05) is 6.07 Å². The number of methoxy groups -OCH3 is 1. The van der Waals surface area contributed by atoms with Gasteiger partial charge < -0.3 is 9.64 Å². The lowest BCUT2D eigenvalue weighted by Crippen LogP contribution is -2.46. The second-order valence-corrected chi connectivity index (χ2v) is 12.3. The third-order valence-electron chi connectivity index (χ3n) is 5.59. The monoisotopic (exact) mass is 490 g/mol. The van der Waals surface area contributed by atoms with Crippen molar-refractivity contribution in [3.8, 4) is 5.75 Å². The molecule has 0 aliphatic carbocycles. The summed E-state index contributed by atoms with van der Waals surface area (Å²) in [7, 11) is -1.98. The van der Waals surface area contributed by atoms with Gasteiger partial charge in [-0.05, 0) is 67.6 Å². The number of carbonyl (C=O) groups excluding carboxylic acids is 1. The summed E-state index contributed by atoms with van der Waals surface area (Å²) in [6.07, 6.45) is 1.33. The quantitative estimate of drug-likeness (QED) is 0.479. The first-order valence-corrected chi connectivity index (χ1v) is 13.6. The number of carbonyl (C=O) groups is 1. The van der Waals surface area contributed by atoms with Gasteiger partial charge >= 0.3 is 0 Å². The Hall–Kier alpha value is -2.20. The maximum absolute atomic E-state index is 13.7. The number of anilines is 1. The van der Waals surface area contributed by atoms with Gasteiger partial charge in [-0.15, -0.1) is 22.7 Å². The predicted octanol–water partition coefficient (Wildman–Crippen LogP) is 4.76. The van der Waals surface area contributed by atoms with Gasteiger partial charge in [0.2, 0.25) is 5.91 Å². The van der Waals surface area contributed by atoms with Crippen molar-refractivity contribution in [2.45, 2.75) is 30.5 Å². The number of rotatable bonds is 7. The van der Waals surface area contributed by atoms with Crippen LogP contribution in [0.3, 0.4) is 0 Å². The molecule has 1 aliphatic heterocycles. The largest absolute Gasteiger partial charge is 0.497 e. The van der Waals surface area contributed by atoms with Crippen molar-refractivity contribution >= 4 is 44.3 Å². The van der Waals surface area contributed by atoms with E-state index < -0.39 is 10.0 Å². The number of hydrogen-bond donors (Lipinski definition) is 0. The Morgan fingerprint density at radius 3 is 2.59 bits per heavy atom. The highest BCUT2D eigenvalue weighted by Crippen LogP contribution is 2.31. The van der Waals surface area contributed by atoms with E-state index in [9.17, 15) is 13.2 Å². The Morgan fingerprint density at radius 2 is 1.97 bits per heavy atom. The molecular weight excluding hydrogens is 464 g/mol. The lowest BCUT2D eigenvalue weighted by Gasteiger charge is -2.34. The second-order valence-electron chi connectivity index (χ2n) is 7.77. The fourth-order valence-electron chi connectivity index (χ4n) is 3.88. The van der Waals surface area contributed by atoms with Gasteiger partial charge in [0.05, 0.1) is 19.6 Å². The maximum atomic E-state index is 13.7. The normalized spacial score (nSPS) is 17.2. The van der Waals surface area contributed by atoms with Gasteiger partial charge in [-0.25, -0.2) is 8.42 Å². The number of aryl methyl sites for hydroxylation is 1. The van der Waals surface area contributed by atoms with Gasteiger partial charge in [0.15, 0.2) is 0 Å². The molecule has 1 fully saturated rings. The molecule has 0 N–H and O–H groups in total. The van der Waals surface area contributed by atoms with Crippen LogP contribution in [-0.4, -0.2) is 38.8 Å². The number of nitrogens with zero attached hydrogens (tertiary/aromatic N) is 2. The van der Waals surface area contributed by atoms with Crippen molar-refractivity contribution in [1.29, 1.82) is 0 Å². The molecule has 1 atom stereocenters. The van der Waals surface area contributed by atoms with Crippen LogP contribution in [0.5, 0.6) is 5.75 Å². The molecule has 1 amide bonds. The van der Waals surface area contributed by atoms with E-state index in [0.717, 1.165) is 21.2 Å². The van der Waals surface area contributed by atoms with Gasteiger partial charge in [-0.3, -0.25) is 4.79 Å². The first-order chi connectivity index (χ1) is 15.4. The molecule has 2 aromatic heterocycles. The van der Waals surface area contributed by atoms with Gasteiger partial charge in [0.25, 0.3) is 10.0 Å². The van der Waals surface area contributed by atoms with E-state index in [1.54, 1.807) is 29.4 Å². The summed E-state index contributed by atoms with van der Waals surface area (Å²) >= 11 is 2.87. The zero-order chi connectivity index (χ0) is 22.7. The van der Waals surface area contributed by atoms with Gasteiger partial charge in [-0.2, -0.15) is 4.31 Å². The highest BCUT2D eigenvalue weighted by Gasteiger charge is 2.36. The molecule has 4 rings (SSSR count). The molecule has 0 spiro atoms. The molecule has 1 aliphatic rings. The number of ether oxygens (including phenoxy) is 1. The van der Waals surface area contributed by atoms with Crippen molar-refractivity contribution in [2.24, 2.45) is 5.92 Å². The summed E-state index contributed by atoms with van der Waals surface area (Å²) in [4.78, 5) is 17.5. The van der Waals surface area contributed by atoms with Crippen LogP contribution in [0.25, 0.3) is 0 Å². The van der Waals surface area contributed by atoms with Crippen LogP contribution in [0.2, 0.25) is 0 Å². The molecule has 3 aromatic rings. The number of thiophene rings is 2. The highest BCUT2D eigenvalue weighted by molar-refractivity contribution is 7.91. The van der Waals surface area contributed by atoms with Crippen molar-refractivity contribution in [2.75, 3.05) is 25.1 Å². The molecule has 0 bridgehead atoms. The Labute approximate surface area is 197 Å². The summed E-state index contributed by atoms with van der Waals surface area (Å²) in [5, 5.41) is 1.99. The Morgan fingerprint density at radius 1 is 1.19 bits per heavy atom. The molecule has 0 saturated carbocycles. The van der Waals surface area contributed by atoms with Gasteiger partial charge in [0.1, 0.15) is 9.96 Å². The molecule has 32 heavy (non-hydrogen) atoms. The topological polar surface area (TPSA) is 66.9 Å². The van der Waals surface area contributed by atoms with E-state index in [1.807, 2.05) is 54.8 Å². The van der Waals surface area contributed by atoms with Crippen LogP contribution in [0.4, 0.5) is 5.69 Å². The van der Waals surface area contributed by atoms with Crippen LogP contribution >= 0.6 is 22.7 Å². The molecule has 170 valence electrons. The van der Waals surface area contributed by atoms with E-state index >= 15 is 0 Å². The Bertz CT molecular complexity index is 1150. The molecule has 1 unspecified atom stereocenters. The highest BCUT2D eigenvalue weighted by atomic mass is 32.2. The van der Waals surface area contributed by atoms with Crippen molar-refractivity contribution in [3.05, 3.63) is 63.7 Å². The summed E-state index contributed by atoms with van der Waals surface area (Å²) in [6.45, 7) is 2.99. The second kappa shape index (κ2) is 9.74. The fraction of sp³-hybridized carbons (Fsp3) is 0.348. The van der Waals surface area contributed by atoms with E-state index in [2.05, 4.69) is 0 Å². The number of amides is 1. The summed E-state index contributed by atoms with van der Waals surface area (Å²) in [5.74, 6) is 0.283. The first kappa shape index (κ1) is 23.0. The molecule has 1 saturated heterocycles. The van der Waals surface area contributed by atoms with Crippen molar-refractivity contribution in [3.63, 3.8) is 0 Å². The van der Waals surface area contributed by atoms with E-state index in [0.29, 0.717) is 30.1 Å². The van der Waals surface area contributed by atoms with E-state index in [-0.39, 0.29) is 18.4 Å². The van der Waals surface area contributed by atoms with Gasteiger partial charge in [0, 0.05) is 28.5 Å². The minimum atomic E-state index is -3.59. The zero-order valence-corrected chi connectivity index (χ0v) is 20.5. The molecule has 1 aromatic carbocycles. The number of sulfonamides is 1. The van der Waals surface area contributed by atoms with Crippen LogP contribution < -0.4 is 9.64 Å². The van der Waals surface area contributed by atoms with E-state index in [1.165, 1.54) is 15.6 Å². The molecule has 9 heteroatoms. The maximum Gasteiger partial charge on any atom is 0.252 e. The third kappa shape index (κ3) is 4.91. The lowest BCUT2D eigenvalue weighted by molar-refractivity contribution is -0.123. The van der Waals surface area contributed by atoms with Crippen LogP contribution in [-0.2, 0) is 21.4 Å². The van der Waals surface area contributed by atoms with E-state index in [4.69, 9.17) is 4.74 Å². The zero-order valence-electron chi connectivity index (χ0n) is 18.1. The Balaban J connectivity index is 1.58. The molecular formula is C23H26N2O4S3. The molecule has 3 heterocycles. The smallest absolute Gasteiger partial charge is 0.252 e. The lowest BCUT2D eigenvalue weighted by atomic mass is 9.97. The summed E-state index contributed by atoms with van der Waals surface area (Å²) in [6, 6.07) is 14.9.